The molecule has 1 aromatic carbocycles. The van der Waals surface area contributed by atoms with Crippen molar-refractivity contribution in [3.8, 4) is 0 Å². The smallest absolute Gasteiger partial charge is 0.221 e. The largest absolute Gasteiger partial charge is 0.354 e. The first-order valence-electron chi connectivity index (χ1n) is 6.78. The third-order valence-electron chi connectivity index (χ3n) is 3.17. The van der Waals surface area contributed by atoms with Crippen molar-refractivity contribution in [2.24, 2.45) is 0 Å². The van der Waals surface area contributed by atoms with Crippen LogP contribution in [-0.4, -0.2) is 18.5 Å². The molecule has 1 atom stereocenters. The minimum Gasteiger partial charge on any atom is -0.354 e. The van der Waals surface area contributed by atoms with E-state index in [9.17, 15) is 9.18 Å². The molecule has 2 N–H and O–H groups in total. The average molecular weight is 266 g/mol. The zero-order valence-corrected chi connectivity index (χ0v) is 11.9. The summed E-state index contributed by atoms with van der Waals surface area (Å²) in [5, 5.41) is 6.12. The van der Waals surface area contributed by atoms with E-state index in [1.165, 1.54) is 12.1 Å². The van der Waals surface area contributed by atoms with Gasteiger partial charge in [-0.3, -0.25) is 4.79 Å². The van der Waals surface area contributed by atoms with E-state index in [1.54, 1.807) is 6.07 Å². The Morgan fingerprint density at radius 1 is 1.42 bits per heavy atom. The number of benzene rings is 1. The van der Waals surface area contributed by atoms with E-state index in [0.29, 0.717) is 19.5 Å². The molecule has 0 radical (unpaired) electrons. The fourth-order valence-electron chi connectivity index (χ4n) is 1.73. The second-order valence-electron chi connectivity index (χ2n) is 4.87. The quantitative estimate of drug-likeness (QED) is 0.745. The first kappa shape index (κ1) is 15.6. The van der Waals surface area contributed by atoms with E-state index in [0.717, 1.165) is 17.5 Å². The molecule has 4 heteroatoms. The van der Waals surface area contributed by atoms with E-state index in [1.807, 2.05) is 20.8 Å². The van der Waals surface area contributed by atoms with E-state index >= 15 is 0 Å². The summed E-state index contributed by atoms with van der Waals surface area (Å²) in [4.78, 5) is 11.5. The predicted octanol–water partition coefficient (Wildman–Crippen LogP) is 2.53. The molecule has 19 heavy (non-hydrogen) atoms. The first-order chi connectivity index (χ1) is 9.02. The molecular formula is C15H23FN2O. The summed E-state index contributed by atoms with van der Waals surface area (Å²) in [5.74, 6) is -0.146. The summed E-state index contributed by atoms with van der Waals surface area (Å²) in [6.07, 6.45) is 1.40. The minimum absolute atomic E-state index is 0.0673. The summed E-state index contributed by atoms with van der Waals surface area (Å²) in [6.45, 7) is 7.20. The van der Waals surface area contributed by atoms with E-state index < -0.39 is 0 Å². The Morgan fingerprint density at radius 3 is 2.79 bits per heavy atom. The van der Waals surface area contributed by atoms with Crippen LogP contribution in [0.25, 0.3) is 0 Å². The van der Waals surface area contributed by atoms with Crippen LogP contribution in [0.1, 0.15) is 37.8 Å². The van der Waals surface area contributed by atoms with Gasteiger partial charge in [-0.05, 0) is 43.5 Å². The van der Waals surface area contributed by atoms with Crippen LogP contribution in [0.5, 0.6) is 0 Å². The molecule has 0 saturated carbocycles. The monoisotopic (exact) mass is 266 g/mol. The van der Waals surface area contributed by atoms with Gasteiger partial charge in [0.25, 0.3) is 0 Å². The van der Waals surface area contributed by atoms with E-state index in [2.05, 4.69) is 10.6 Å². The van der Waals surface area contributed by atoms with Gasteiger partial charge in [-0.2, -0.15) is 0 Å². The first-order valence-corrected chi connectivity index (χ1v) is 6.78. The molecule has 1 rings (SSSR count). The molecule has 0 aromatic heterocycles. The summed E-state index contributed by atoms with van der Waals surface area (Å²) in [6, 6.07) is 4.98. The Balaban J connectivity index is 2.25. The number of carbonyl (C=O) groups excluding carboxylic acids is 1. The molecule has 1 aromatic rings. The number of hydrogen-bond acceptors (Lipinski definition) is 2. The Kier molecular flexibility index (Phi) is 6.50. The van der Waals surface area contributed by atoms with Gasteiger partial charge < -0.3 is 10.6 Å². The molecule has 0 aliphatic heterocycles. The van der Waals surface area contributed by atoms with Gasteiger partial charge in [0, 0.05) is 25.6 Å². The van der Waals surface area contributed by atoms with Crippen molar-refractivity contribution in [2.45, 2.75) is 46.2 Å². The lowest BCUT2D eigenvalue weighted by molar-refractivity contribution is -0.121. The molecule has 0 spiro atoms. The third kappa shape index (κ3) is 5.83. The zero-order valence-electron chi connectivity index (χ0n) is 11.9. The summed E-state index contributed by atoms with van der Waals surface area (Å²) in [7, 11) is 0. The van der Waals surface area contributed by atoms with Crippen LogP contribution in [0.3, 0.4) is 0 Å². The Hall–Kier alpha value is -1.42. The van der Waals surface area contributed by atoms with Crippen molar-refractivity contribution in [3.63, 3.8) is 0 Å². The van der Waals surface area contributed by atoms with Crippen molar-refractivity contribution in [1.82, 2.24) is 10.6 Å². The third-order valence-corrected chi connectivity index (χ3v) is 3.17. The highest BCUT2D eigenvalue weighted by Crippen LogP contribution is 2.09. The number of rotatable bonds is 7. The van der Waals surface area contributed by atoms with Crippen LogP contribution in [0, 0.1) is 12.7 Å². The van der Waals surface area contributed by atoms with Gasteiger partial charge in [-0.25, -0.2) is 4.39 Å². The Bertz CT molecular complexity index is 421. The molecule has 0 aliphatic carbocycles. The van der Waals surface area contributed by atoms with E-state index in [4.69, 9.17) is 0 Å². The van der Waals surface area contributed by atoms with Crippen LogP contribution in [0.2, 0.25) is 0 Å². The molecule has 0 saturated heterocycles. The maximum Gasteiger partial charge on any atom is 0.221 e. The zero-order chi connectivity index (χ0) is 14.3. The molecule has 0 bridgehead atoms. The lowest BCUT2D eigenvalue weighted by Gasteiger charge is -2.12. The minimum atomic E-state index is -0.214. The van der Waals surface area contributed by atoms with Crippen molar-refractivity contribution < 1.29 is 9.18 Å². The predicted molar refractivity (Wildman–Crippen MR) is 75.4 cm³/mol. The van der Waals surface area contributed by atoms with Crippen molar-refractivity contribution in [2.75, 3.05) is 6.54 Å². The number of nitrogens with one attached hydrogen (secondary N) is 2. The van der Waals surface area contributed by atoms with Gasteiger partial charge >= 0.3 is 0 Å². The number of aryl methyl sites for hydroxylation is 1. The average Bonchev–Trinajstić information content (AvgIpc) is 2.36. The number of carbonyl (C=O) groups is 1. The fourth-order valence-corrected chi connectivity index (χ4v) is 1.73. The van der Waals surface area contributed by atoms with Gasteiger partial charge in [0.05, 0.1) is 0 Å². The van der Waals surface area contributed by atoms with Gasteiger partial charge in [-0.15, -0.1) is 0 Å². The maximum atomic E-state index is 12.9. The van der Waals surface area contributed by atoms with Gasteiger partial charge in [0.2, 0.25) is 5.91 Å². The van der Waals surface area contributed by atoms with E-state index in [-0.39, 0.29) is 17.8 Å². The number of amides is 1. The van der Waals surface area contributed by atoms with Gasteiger partial charge in [0.1, 0.15) is 5.82 Å². The van der Waals surface area contributed by atoms with Crippen LogP contribution in [0.4, 0.5) is 4.39 Å². The van der Waals surface area contributed by atoms with Gasteiger partial charge in [-0.1, -0.05) is 13.0 Å². The summed E-state index contributed by atoms with van der Waals surface area (Å²) < 4.78 is 12.9. The molecular weight excluding hydrogens is 243 g/mol. The second-order valence-corrected chi connectivity index (χ2v) is 4.87. The molecule has 1 amide bonds. The highest BCUT2D eigenvalue weighted by Gasteiger charge is 2.05. The highest BCUT2D eigenvalue weighted by atomic mass is 19.1. The van der Waals surface area contributed by atoms with Crippen LogP contribution in [0.15, 0.2) is 18.2 Å². The SMILES string of the molecule is CCC(C)NC(=O)CCNCc1ccc(F)cc1C. The molecule has 0 heterocycles. The standard InChI is InChI=1S/C15H23FN2O/c1-4-12(3)18-15(19)7-8-17-10-13-5-6-14(16)9-11(13)2/h5-6,9,12,17H,4,7-8,10H2,1-3H3,(H,18,19). The number of hydrogen-bond donors (Lipinski definition) is 2. The maximum absolute atomic E-state index is 12.9. The van der Waals surface area contributed by atoms with Crippen LogP contribution < -0.4 is 10.6 Å². The summed E-state index contributed by atoms with van der Waals surface area (Å²) in [5.41, 5.74) is 1.99. The molecule has 0 aliphatic rings. The number of halogens is 1. The van der Waals surface area contributed by atoms with Crippen LogP contribution in [-0.2, 0) is 11.3 Å². The molecule has 106 valence electrons. The lowest BCUT2D eigenvalue weighted by Crippen LogP contribution is -2.33. The van der Waals surface area contributed by atoms with Crippen molar-refractivity contribution >= 4 is 5.91 Å². The van der Waals surface area contributed by atoms with Crippen LogP contribution >= 0.6 is 0 Å². The molecule has 0 fully saturated rings. The second kappa shape index (κ2) is 7.89. The van der Waals surface area contributed by atoms with Crippen molar-refractivity contribution in [3.05, 3.63) is 35.1 Å². The van der Waals surface area contributed by atoms with Gasteiger partial charge in [0.15, 0.2) is 0 Å². The topological polar surface area (TPSA) is 41.1 Å². The molecule has 1 unspecified atom stereocenters. The highest BCUT2D eigenvalue weighted by molar-refractivity contribution is 5.76. The summed E-state index contributed by atoms with van der Waals surface area (Å²) >= 11 is 0. The molecule has 3 nitrogen and oxygen atoms in total. The Labute approximate surface area is 114 Å². The normalized spacial score (nSPS) is 12.2. The lowest BCUT2D eigenvalue weighted by atomic mass is 10.1. The Morgan fingerprint density at radius 2 is 2.16 bits per heavy atom. The fraction of sp³-hybridized carbons (Fsp3) is 0.533. The van der Waals surface area contributed by atoms with Crippen molar-refractivity contribution in [1.29, 1.82) is 0 Å².